The molecule has 0 saturated carbocycles. The SMILES string of the molecule is O=C(Cn1ccc(C(F)(F)F)n1)Nc1ccc(Oc2ccccc2)cc1. The molecular formula is C18H14F3N3O2. The normalized spacial score (nSPS) is 11.2. The van der Waals surface area contributed by atoms with Crippen LogP contribution >= 0.6 is 0 Å². The van der Waals surface area contributed by atoms with Gasteiger partial charge in [0.2, 0.25) is 5.91 Å². The number of amides is 1. The molecule has 1 amide bonds. The third kappa shape index (κ3) is 4.62. The highest BCUT2D eigenvalue weighted by molar-refractivity contribution is 5.90. The van der Waals surface area contributed by atoms with Gasteiger partial charge in [0, 0.05) is 11.9 Å². The molecule has 3 rings (SSSR count). The summed E-state index contributed by atoms with van der Waals surface area (Å²) in [5, 5.41) is 5.93. The highest BCUT2D eigenvalue weighted by atomic mass is 19.4. The van der Waals surface area contributed by atoms with E-state index < -0.39 is 17.8 Å². The number of ether oxygens (including phenoxy) is 1. The van der Waals surface area contributed by atoms with E-state index in [2.05, 4.69) is 10.4 Å². The second-order valence-corrected chi connectivity index (χ2v) is 5.38. The van der Waals surface area contributed by atoms with E-state index >= 15 is 0 Å². The number of halogens is 3. The molecule has 8 heteroatoms. The van der Waals surface area contributed by atoms with Gasteiger partial charge in [0.1, 0.15) is 18.0 Å². The van der Waals surface area contributed by atoms with E-state index in [9.17, 15) is 18.0 Å². The molecule has 134 valence electrons. The summed E-state index contributed by atoms with van der Waals surface area (Å²) < 4.78 is 44.0. The Morgan fingerprint density at radius 2 is 1.65 bits per heavy atom. The zero-order chi connectivity index (χ0) is 18.6. The van der Waals surface area contributed by atoms with E-state index in [0.29, 0.717) is 17.2 Å². The predicted molar refractivity (Wildman–Crippen MR) is 88.8 cm³/mol. The summed E-state index contributed by atoms with van der Waals surface area (Å²) in [5.41, 5.74) is -0.536. The number of alkyl halides is 3. The van der Waals surface area contributed by atoms with Gasteiger partial charge in [-0.1, -0.05) is 18.2 Å². The zero-order valence-corrected chi connectivity index (χ0v) is 13.4. The van der Waals surface area contributed by atoms with Gasteiger partial charge in [-0.25, -0.2) is 0 Å². The minimum absolute atomic E-state index is 0.321. The number of benzene rings is 2. The molecule has 1 heterocycles. The number of hydrogen-bond donors (Lipinski definition) is 1. The van der Waals surface area contributed by atoms with Crippen LogP contribution in [0.15, 0.2) is 66.9 Å². The van der Waals surface area contributed by atoms with Crippen LogP contribution in [-0.2, 0) is 17.5 Å². The molecule has 0 radical (unpaired) electrons. The highest BCUT2D eigenvalue weighted by Gasteiger charge is 2.33. The second-order valence-electron chi connectivity index (χ2n) is 5.38. The number of hydrogen-bond acceptors (Lipinski definition) is 3. The molecule has 0 unspecified atom stereocenters. The number of para-hydroxylation sites is 1. The van der Waals surface area contributed by atoms with Crippen molar-refractivity contribution in [1.82, 2.24) is 9.78 Å². The van der Waals surface area contributed by atoms with Gasteiger partial charge in [-0.3, -0.25) is 9.48 Å². The average Bonchev–Trinajstić information content (AvgIpc) is 3.06. The second kappa shape index (κ2) is 7.30. The Morgan fingerprint density at radius 3 is 2.27 bits per heavy atom. The Morgan fingerprint density at radius 1 is 1.00 bits per heavy atom. The summed E-state index contributed by atoms with van der Waals surface area (Å²) in [6.45, 7) is -0.321. The number of aromatic nitrogens is 2. The Balaban J connectivity index is 1.57. The van der Waals surface area contributed by atoms with Crippen LogP contribution in [0.4, 0.5) is 18.9 Å². The average molecular weight is 361 g/mol. The van der Waals surface area contributed by atoms with Crippen LogP contribution in [0, 0.1) is 0 Å². The maximum Gasteiger partial charge on any atom is 0.435 e. The summed E-state index contributed by atoms with van der Waals surface area (Å²) in [6.07, 6.45) is -3.42. The van der Waals surface area contributed by atoms with E-state index in [4.69, 9.17) is 4.74 Å². The van der Waals surface area contributed by atoms with Crippen molar-refractivity contribution in [3.63, 3.8) is 0 Å². The molecule has 0 aliphatic rings. The lowest BCUT2D eigenvalue weighted by Gasteiger charge is -2.08. The lowest BCUT2D eigenvalue weighted by molar-refractivity contribution is -0.141. The lowest BCUT2D eigenvalue weighted by Crippen LogP contribution is -2.19. The molecule has 0 saturated heterocycles. The highest BCUT2D eigenvalue weighted by Crippen LogP contribution is 2.27. The molecular weight excluding hydrogens is 347 g/mol. The van der Waals surface area contributed by atoms with Crippen LogP contribution in [0.1, 0.15) is 5.69 Å². The fourth-order valence-electron chi connectivity index (χ4n) is 2.18. The number of rotatable bonds is 5. The number of carbonyl (C=O) groups is 1. The van der Waals surface area contributed by atoms with E-state index in [1.807, 2.05) is 30.3 Å². The molecule has 0 aliphatic heterocycles. The third-order valence-corrected chi connectivity index (χ3v) is 3.35. The van der Waals surface area contributed by atoms with Gasteiger partial charge in [-0.05, 0) is 42.5 Å². The zero-order valence-electron chi connectivity index (χ0n) is 13.4. The smallest absolute Gasteiger partial charge is 0.435 e. The Kier molecular flexibility index (Phi) is 4.92. The molecule has 1 aromatic heterocycles. The molecule has 0 fully saturated rings. The van der Waals surface area contributed by atoms with Crippen molar-refractivity contribution in [2.24, 2.45) is 0 Å². The lowest BCUT2D eigenvalue weighted by atomic mass is 10.3. The molecule has 0 spiro atoms. The summed E-state index contributed by atoms with van der Waals surface area (Å²) in [6, 6.07) is 16.7. The van der Waals surface area contributed by atoms with Crippen molar-refractivity contribution in [2.75, 3.05) is 5.32 Å². The van der Waals surface area contributed by atoms with Gasteiger partial charge >= 0.3 is 6.18 Å². The number of nitrogens with zero attached hydrogens (tertiary/aromatic N) is 2. The van der Waals surface area contributed by atoms with Crippen LogP contribution in [0.2, 0.25) is 0 Å². The van der Waals surface area contributed by atoms with E-state index in [1.165, 1.54) is 0 Å². The summed E-state index contributed by atoms with van der Waals surface area (Å²) in [7, 11) is 0. The standard InChI is InChI=1S/C18H14F3N3O2/c19-18(20,21)16-10-11-24(23-16)12-17(25)22-13-6-8-15(9-7-13)26-14-4-2-1-3-5-14/h1-11H,12H2,(H,22,25). The number of carbonyl (C=O) groups excluding carboxylic acids is 1. The van der Waals surface area contributed by atoms with Gasteiger partial charge in [0.25, 0.3) is 0 Å². The van der Waals surface area contributed by atoms with Crippen LogP contribution in [0.5, 0.6) is 11.5 Å². The van der Waals surface area contributed by atoms with E-state index in [-0.39, 0.29) is 6.54 Å². The van der Waals surface area contributed by atoms with Crippen molar-refractivity contribution in [3.8, 4) is 11.5 Å². The fraction of sp³-hybridized carbons (Fsp3) is 0.111. The molecule has 3 aromatic rings. The van der Waals surface area contributed by atoms with Gasteiger partial charge in [0.15, 0.2) is 5.69 Å². The fourth-order valence-corrected chi connectivity index (χ4v) is 2.18. The topological polar surface area (TPSA) is 56.2 Å². The first kappa shape index (κ1) is 17.5. The van der Waals surface area contributed by atoms with Crippen LogP contribution in [-0.4, -0.2) is 15.7 Å². The number of anilines is 1. The maximum atomic E-state index is 12.5. The summed E-state index contributed by atoms with van der Waals surface area (Å²) in [5.74, 6) is 0.790. The first-order chi connectivity index (χ1) is 12.4. The first-order valence-electron chi connectivity index (χ1n) is 7.63. The summed E-state index contributed by atoms with van der Waals surface area (Å²) >= 11 is 0. The third-order valence-electron chi connectivity index (χ3n) is 3.35. The molecule has 26 heavy (non-hydrogen) atoms. The maximum absolute atomic E-state index is 12.5. The first-order valence-corrected chi connectivity index (χ1v) is 7.63. The van der Waals surface area contributed by atoms with Gasteiger partial charge in [-0.2, -0.15) is 18.3 Å². The minimum atomic E-state index is -4.53. The van der Waals surface area contributed by atoms with Crippen molar-refractivity contribution in [3.05, 3.63) is 72.6 Å². The van der Waals surface area contributed by atoms with Crippen LogP contribution < -0.4 is 10.1 Å². The molecule has 2 aromatic carbocycles. The minimum Gasteiger partial charge on any atom is -0.457 e. The summed E-state index contributed by atoms with van der Waals surface area (Å²) in [4.78, 5) is 11.9. The van der Waals surface area contributed by atoms with Crippen molar-refractivity contribution < 1.29 is 22.7 Å². The van der Waals surface area contributed by atoms with Crippen LogP contribution in [0.3, 0.4) is 0 Å². The van der Waals surface area contributed by atoms with Crippen molar-refractivity contribution in [1.29, 1.82) is 0 Å². The van der Waals surface area contributed by atoms with Crippen molar-refractivity contribution >= 4 is 11.6 Å². The van der Waals surface area contributed by atoms with Crippen LogP contribution in [0.25, 0.3) is 0 Å². The monoisotopic (exact) mass is 361 g/mol. The largest absolute Gasteiger partial charge is 0.457 e. The Labute approximate surface area is 147 Å². The van der Waals surface area contributed by atoms with E-state index in [1.54, 1.807) is 24.3 Å². The van der Waals surface area contributed by atoms with Gasteiger partial charge in [0.05, 0.1) is 0 Å². The predicted octanol–water partition coefficient (Wildman–Crippen LogP) is 4.33. The molecule has 0 bridgehead atoms. The molecule has 5 nitrogen and oxygen atoms in total. The Hall–Kier alpha value is -3.29. The Bertz CT molecular complexity index is 875. The van der Waals surface area contributed by atoms with Gasteiger partial charge in [-0.15, -0.1) is 0 Å². The molecule has 0 aliphatic carbocycles. The van der Waals surface area contributed by atoms with Crippen molar-refractivity contribution in [2.45, 2.75) is 12.7 Å². The molecule has 0 atom stereocenters. The number of nitrogens with one attached hydrogen (secondary N) is 1. The quantitative estimate of drug-likeness (QED) is 0.736. The molecule has 1 N–H and O–H groups in total. The van der Waals surface area contributed by atoms with Gasteiger partial charge < -0.3 is 10.1 Å². The van der Waals surface area contributed by atoms with E-state index in [0.717, 1.165) is 16.9 Å².